The third-order valence-corrected chi connectivity index (χ3v) is 4.13. The monoisotopic (exact) mass is 367 g/mol. The van der Waals surface area contributed by atoms with Crippen molar-refractivity contribution >= 4 is 11.2 Å². The van der Waals surface area contributed by atoms with Gasteiger partial charge < -0.3 is 9.47 Å². The van der Waals surface area contributed by atoms with Crippen LogP contribution in [0.2, 0.25) is 0 Å². The first-order chi connectivity index (χ1) is 13.2. The molecule has 0 amide bonds. The van der Waals surface area contributed by atoms with E-state index in [0.717, 1.165) is 0 Å². The molecule has 0 aliphatic heterocycles. The Morgan fingerprint density at radius 1 is 1.19 bits per heavy atom. The van der Waals surface area contributed by atoms with Crippen LogP contribution in [-0.4, -0.2) is 38.0 Å². The van der Waals surface area contributed by atoms with Gasteiger partial charge in [-0.25, -0.2) is 9.37 Å². The van der Waals surface area contributed by atoms with Crippen LogP contribution in [0.3, 0.4) is 0 Å². The van der Waals surface area contributed by atoms with Gasteiger partial charge in [0.1, 0.15) is 17.1 Å². The summed E-state index contributed by atoms with van der Waals surface area (Å²) < 4.78 is 29.0. The van der Waals surface area contributed by atoms with Crippen molar-refractivity contribution in [3.05, 3.63) is 54.6 Å². The highest BCUT2D eigenvalue weighted by molar-refractivity contribution is 5.72. The lowest BCUT2D eigenvalue weighted by Gasteiger charge is -2.09. The summed E-state index contributed by atoms with van der Waals surface area (Å²) >= 11 is 0. The predicted molar refractivity (Wildman–Crippen MR) is 98.1 cm³/mol. The van der Waals surface area contributed by atoms with Crippen molar-refractivity contribution < 1.29 is 13.9 Å². The van der Waals surface area contributed by atoms with Gasteiger partial charge in [0.15, 0.2) is 5.65 Å². The largest absolute Gasteiger partial charge is 0.425 e. The Balaban J connectivity index is 1.67. The molecular weight excluding hydrogens is 349 g/mol. The summed E-state index contributed by atoms with van der Waals surface area (Å²) in [5, 5.41) is 4.23. The fourth-order valence-electron chi connectivity index (χ4n) is 2.83. The molecule has 8 heteroatoms. The van der Waals surface area contributed by atoms with Gasteiger partial charge >= 0.3 is 6.01 Å². The number of aromatic nitrogens is 5. The molecule has 0 fully saturated rings. The van der Waals surface area contributed by atoms with Crippen LogP contribution >= 0.6 is 0 Å². The van der Waals surface area contributed by atoms with E-state index in [0.29, 0.717) is 47.3 Å². The Morgan fingerprint density at radius 3 is 2.81 bits per heavy atom. The summed E-state index contributed by atoms with van der Waals surface area (Å²) in [6.07, 6.45) is 3.46. The fourth-order valence-corrected chi connectivity index (χ4v) is 2.83. The maximum Gasteiger partial charge on any atom is 0.304 e. The van der Waals surface area contributed by atoms with Crippen molar-refractivity contribution in [1.29, 1.82) is 0 Å². The molecule has 4 rings (SSSR count). The zero-order valence-electron chi connectivity index (χ0n) is 15.0. The Hall–Kier alpha value is -3.26. The molecule has 0 aliphatic carbocycles. The lowest BCUT2D eigenvalue weighted by atomic mass is 10.1. The molecule has 138 valence electrons. The van der Waals surface area contributed by atoms with Crippen LogP contribution in [0, 0.1) is 5.82 Å². The van der Waals surface area contributed by atoms with E-state index in [2.05, 4.69) is 15.1 Å². The average molecular weight is 367 g/mol. The standard InChI is InChI=1S/C19H18FN5O2/c1-24-9-7-16(23-24)14-6-5-13(12-15(14)20)27-19-22-17-4-3-8-21-18(17)25(19)10-11-26-2/h3-9,12H,10-11H2,1-2H3. The van der Waals surface area contributed by atoms with E-state index >= 15 is 0 Å². The third-order valence-electron chi connectivity index (χ3n) is 4.13. The van der Waals surface area contributed by atoms with E-state index in [1.807, 2.05) is 10.6 Å². The van der Waals surface area contributed by atoms with Crippen molar-refractivity contribution in [2.75, 3.05) is 13.7 Å². The number of hydrogen-bond acceptors (Lipinski definition) is 5. The topological polar surface area (TPSA) is 67.0 Å². The maximum absolute atomic E-state index is 14.6. The lowest BCUT2D eigenvalue weighted by Crippen LogP contribution is -2.06. The van der Waals surface area contributed by atoms with Crippen molar-refractivity contribution in [2.45, 2.75) is 6.54 Å². The second-order valence-electron chi connectivity index (χ2n) is 6.00. The number of ether oxygens (including phenoxy) is 2. The Bertz CT molecular complexity index is 1090. The summed E-state index contributed by atoms with van der Waals surface area (Å²) in [5.74, 6) is -0.0648. The Labute approximate surface area is 155 Å². The molecule has 0 unspecified atom stereocenters. The van der Waals surface area contributed by atoms with Crippen LogP contribution in [0.5, 0.6) is 11.8 Å². The first kappa shape index (κ1) is 17.2. The van der Waals surface area contributed by atoms with Crippen molar-refractivity contribution in [1.82, 2.24) is 24.3 Å². The molecule has 0 saturated carbocycles. The highest BCUT2D eigenvalue weighted by Crippen LogP contribution is 2.29. The number of rotatable bonds is 6. The molecule has 0 bridgehead atoms. The number of hydrogen-bond donors (Lipinski definition) is 0. The van der Waals surface area contributed by atoms with Gasteiger partial charge in [-0.15, -0.1) is 0 Å². The van der Waals surface area contributed by atoms with Crippen LogP contribution < -0.4 is 4.74 Å². The maximum atomic E-state index is 14.6. The van der Waals surface area contributed by atoms with Crippen LogP contribution in [0.1, 0.15) is 0 Å². The first-order valence-corrected chi connectivity index (χ1v) is 8.43. The van der Waals surface area contributed by atoms with E-state index in [9.17, 15) is 4.39 Å². The normalized spacial score (nSPS) is 11.2. The highest BCUT2D eigenvalue weighted by Gasteiger charge is 2.15. The second-order valence-corrected chi connectivity index (χ2v) is 6.00. The van der Waals surface area contributed by atoms with Gasteiger partial charge in [-0.1, -0.05) is 0 Å². The number of imidazole rings is 1. The van der Waals surface area contributed by atoms with Crippen LogP contribution in [-0.2, 0) is 18.3 Å². The van der Waals surface area contributed by atoms with E-state index in [4.69, 9.17) is 9.47 Å². The number of methoxy groups -OCH3 is 1. The van der Waals surface area contributed by atoms with Crippen LogP contribution in [0.4, 0.5) is 4.39 Å². The smallest absolute Gasteiger partial charge is 0.304 e. The molecule has 0 aliphatic rings. The van der Waals surface area contributed by atoms with Crippen LogP contribution in [0.15, 0.2) is 48.8 Å². The molecule has 3 heterocycles. The van der Waals surface area contributed by atoms with E-state index < -0.39 is 5.82 Å². The van der Waals surface area contributed by atoms with Gasteiger partial charge in [-0.2, -0.15) is 10.1 Å². The predicted octanol–water partition coefficient (Wildman–Crippen LogP) is 3.41. The summed E-state index contributed by atoms with van der Waals surface area (Å²) in [5.41, 5.74) is 2.37. The molecule has 0 atom stereocenters. The van der Waals surface area contributed by atoms with Crippen molar-refractivity contribution in [3.63, 3.8) is 0 Å². The molecule has 0 saturated heterocycles. The number of pyridine rings is 1. The van der Waals surface area contributed by atoms with Gasteiger partial charge in [0.05, 0.1) is 18.8 Å². The van der Waals surface area contributed by atoms with Gasteiger partial charge in [-0.05, 0) is 30.3 Å². The summed E-state index contributed by atoms with van der Waals surface area (Å²) in [7, 11) is 3.41. The summed E-state index contributed by atoms with van der Waals surface area (Å²) in [6, 6.07) is 10.4. The summed E-state index contributed by atoms with van der Waals surface area (Å²) in [6.45, 7) is 0.999. The molecule has 3 aromatic heterocycles. The zero-order valence-corrected chi connectivity index (χ0v) is 15.0. The van der Waals surface area contributed by atoms with E-state index in [1.54, 1.807) is 55.5 Å². The fraction of sp³-hybridized carbons (Fsp3) is 0.211. The molecular formula is C19H18FN5O2. The molecule has 4 aromatic rings. The Morgan fingerprint density at radius 2 is 2.07 bits per heavy atom. The van der Waals surface area contributed by atoms with Gasteiger partial charge in [0, 0.05) is 38.2 Å². The lowest BCUT2D eigenvalue weighted by molar-refractivity contribution is 0.185. The van der Waals surface area contributed by atoms with Gasteiger partial charge in [0.25, 0.3) is 0 Å². The molecule has 0 radical (unpaired) electrons. The Kier molecular flexibility index (Phi) is 4.55. The third kappa shape index (κ3) is 3.39. The van der Waals surface area contributed by atoms with E-state index in [1.165, 1.54) is 6.07 Å². The molecule has 27 heavy (non-hydrogen) atoms. The minimum Gasteiger partial charge on any atom is -0.425 e. The number of benzene rings is 1. The SMILES string of the molecule is COCCn1c(Oc2ccc(-c3ccn(C)n3)c(F)c2)nc2cccnc21. The minimum absolute atomic E-state index is 0.339. The number of nitrogens with zero attached hydrogens (tertiary/aromatic N) is 5. The molecule has 1 aromatic carbocycles. The number of aryl methyl sites for hydroxylation is 1. The first-order valence-electron chi connectivity index (χ1n) is 8.43. The van der Waals surface area contributed by atoms with Crippen molar-refractivity contribution in [3.8, 4) is 23.0 Å². The number of fused-ring (bicyclic) bond motifs is 1. The summed E-state index contributed by atoms with van der Waals surface area (Å²) in [4.78, 5) is 8.81. The quantitative estimate of drug-likeness (QED) is 0.522. The minimum atomic E-state index is -0.413. The van der Waals surface area contributed by atoms with Gasteiger partial charge in [0.2, 0.25) is 0 Å². The molecule has 0 spiro atoms. The molecule has 7 nitrogen and oxygen atoms in total. The zero-order chi connectivity index (χ0) is 18.8. The van der Waals surface area contributed by atoms with Crippen LogP contribution in [0.25, 0.3) is 22.4 Å². The highest BCUT2D eigenvalue weighted by atomic mass is 19.1. The van der Waals surface area contributed by atoms with Crippen molar-refractivity contribution in [2.24, 2.45) is 7.05 Å². The molecule has 0 N–H and O–H groups in total. The van der Waals surface area contributed by atoms with E-state index in [-0.39, 0.29) is 0 Å². The van der Waals surface area contributed by atoms with Gasteiger partial charge in [-0.3, -0.25) is 9.25 Å². The average Bonchev–Trinajstić information content (AvgIpc) is 3.23. The second kappa shape index (κ2) is 7.16. The number of halogens is 1.